The highest BCUT2D eigenvalue weighted by molar-refractivity contribution is 7.15. The lowest BCUT2D eigenvalue weighted by molar-refractivity contribution is 0.220. The summed E-state index contributed by atoms with van der Waals surface area (Å²) < 4.78 is 16.1. The Hall–Kier alpha value is -4.02. The molecule has 7 rings (SSSR count). The molecule has 0 amide bonds. The minimum absolute atomic E-state index is 0.288. The van der Waals surface area contributed by atoms with Crippen molar-refractivity contribution in [3.8, 4) is 33.1 Å². The van der Waals surface area contributed by atoms with E-state index in [-0.39, 0.29) is 5.39 Å². The maximum absolute atomic E-state index is 16.1. The van der Waals surface area contributed by atoms with Gasteiger partial charge in [0, 0.05) is 57.8 Å². The number of thiophene rings is 1. The average molecular weight is 525 g/mol. The number of aromatic amines is 2. The molecule has 1 aliphatic rings. The van der Waals surface area contributed by atoms with Gasteiger partial charge in [-0.05, 0) is 62.7 Å². The first-order chi connectivity index (χ1) is 18.6. The molecular formula is C28H25FN8S. The van der Waals surface area contributed by atoms with Crippen molar-refractivity contribution in [1.29, 1.82) is 0 Å². The molecular weight excluding hydrogens is 499 g/mol. The van der Waals surface area contributed by atoms with Crippen LogP contribution in [0.5, 0.6) is 0 Å². The lowest BCUT2D eigenvalue weighted by Crippen LogP contribution is -2.29. The van der Waals surface area contributed by atoms with Gasteiger partial charge in [0.05, 0.1) is 10.9 Å². The Morgan fingerprint density at radius 3 is 2.74 bits per heavy atom. The van der Waals surface area contributed by atoms with Crippen LogP contribution in [0.25, 0.3) is 55.3 Å². The summed E-state index contributed by atoms with van der Waals surface area (Å²) in [7, 11) is 0. The highest BCUT2D eigenvalue weighted by atomic mass is 32.1. The van der Waals surface area contributed by atoms with Crippen LogP contribution in [-0.4, -0.2) is 53.1 Å². The first-order valence-electron chi connectivity index (χ1n) is 12.7. The number of likely N-dealkylation sites (tertiary alicyclic amines) is 1. The molecule has 38 heavy (non-hydrogen) atoms. The number of fused-ring (bicyclic) bond motifs is 2. The number of halogens is 1. The fourth-order valence-corrected chi connectivity index (χ4v) is 6.13. The van der Waals surface area contributed by atoms with Gasteiger partial charge in [0.2, 0.25) is 0 Å². The summed E-state index contributed by atoms with van der Waals surface area (Å²) in [6.45, 7) is 5.07. The normalized spacial score (nSPS) is 14.6. The van der Waals surface area contributed by atoms with E-state index in [1.807, 2.05) is 18.3 Å². The zero-order valence-corrected chi connectivity index (χ0v) is 21.6. The van der Waals surface area contributed by atoms with Crippen LogP contribution < -0.4 is 0 Å². The average Bonchev–Trinajstić information content (AvgIpc) is 3.67. The monoisotopic (exact) mass is 524 g/mol. The van der Waals surface area contributed by atoms with Crippen molar-refractivity contribution in [2.45, 2.75) is 32.7 Å². The molecule has 0 atom stereocenters. The van der Waals surface area contributed by atoms with Crippen LogP contribution in [0.2, 0.25) is 0 Å². The maximum atomic E-state index is 16.1. The van der Waals surface area contributed by atoms with Gasteiger partial charge in [0.1, 0.15) is 11.5 Å². The van der Waals surface area contributed by atoms with Gasteiger partial charge >= 0.3 is 0 Å². The SMILES string of the molecule is Cc1ccc(-c2ccnc3nc(-c4[nH]nc5ncc(-c6cncc(CN7CCCCC7)c6)c(F)c45)[nH]c23)s1. The van der Waals surface area contributed by atoms with Crippen molar-refractivity contribution < 1.29 is 4.39 Å². The maximum Gasteiger partial charge on any atom is 0.184 e. The molecule has 0 radical (unpaired) electrons. The Bertz CT molecular complexity index is 1780. The molecule has 1 fully saturated rings. The lowest BCUT2D eigenvalue weighted by atomic mass is 10.0. The van der Waals surface area contributed by atoms with E-state index < -0.39 is 5.82 Å². The summed E-state index contributed by atoms with van der Waals surface area (Å²) in [4.78, 5) is 26.1. The molecule has 0 bridgehead atoms. The Labute approximate surface area is 222 Å². The summed E-state index contributed by atoms with van der Waals surface area (Å²) in [5, 5.41) is 7.50. The van der Waals surface area contributed by atoms with Crippen LogP contribution in [-0.2, 0) is 6.54 Å². The van der Waals surface area contributed by atoms with Crippen LogP contribution in [0.15, 0.2) is 49.1 Å². The topological polar surface area (TPSA) is 99.3 Å². The summed E-state index contributed by atoms with van der Waals surface area (Å²) in [6, 6.07) is 8.15. The smallest absolute Gasteiger partial charge is 0.184 e. The Balaban J connectivity index is 1.29. The van der Waals surface area contributed by atoms with Crippen molar-refractivity contribution >= 4 is 33.5 Å². The molecule has 0 saturated carbocycles. The number of pyridine rings is 3. The van der Waals surface area contributed by atoms with Gasteiger partial charge in [-0.1, -0.05) is 6.42 Å². The number of H-pyrrole nitrogens is 2. The van der Waals surface area contributed by atoms with Gasteiger partial charge in [-0.15, -0.1) is 11.3 Å². The minimum atomic E-state index is -0.404. The second-order valence-electron chi connectivity index (χ2n) is 9.75. The molecule has 0 aromatic carbocycles. The number of rotatable bonds is 5. The Morgan fingerprint density at radius 1 is 1.00 bits per heavy atom. The standard InChI is InChI=1S/C28H25FN8S/c1-16-5-6-21(38-16)19-7-8-31-27-24(19)33-28(34-27)25-22-23(29)20(14-32-26(22)36-35-25)18-11-17(12-30-13-18)15-37-9-3-2-4-10-37/h5-8,11-14H,2-4,9-10,15H2,1H3,(H,31,33,34)(H,32,35,36). The number of piperidine rings is 1. The molecule has 6 aromatic rings. The fourth-order valence-electron chi connectivity index (χ4n) is 5.23. The number of hydrogen-bond donors (Lipinski definition) is 2. The molecule has 0 spiro atoms. The number of nitrogens with one attached hydrogen (secondary N) is 2. The van der Waals surface area contributed by atoms with Crippen LogP contribution in [0.1, 0.15) is 29.7 Å². The molecule has 0 unspecified atom stereocenters. The van der Waals surface area contributed by atoms with E-state index in [1.54, 1.807) is 23.7 Å². The molecule has 190 valence electrons. The third-order valence-electron chi connectivity index (χ3n) is 7.11. The highest BCUT2D eigenvalue weighted by Gasteiger charge is 2.22. The Morgan fingerprint density at radius 2 is 1.89 bits per heavy atom. The first-order valence-corrected chi connectivity index (χ1v) is 13.6. The molecule has 1 aliphatic heterocycles. The van der Waals surface area contributed by atoms with Gasteiger partial charge in [0.15, 0.2) is 17.1 Å². The van der Waals surface area contributed by atoms with Gasteiger partial charge in [0.25, 0.3) is 0 Å². The predicted molar refractivity (Wildman–Crippen MR) is 147 cm³/mol. The summed E-state index contributed by atoms with van der Waals surface area (Å²) in [5.41, 5.74) is 5.24. The van der Waals surface area contributed by atoms with Crippen molar-refractivity contribution in [3.05, 3.63) is 65.3 Å². The molecule has 0 aliphatic carbocycles. The largest absolute Gasteiger partial charge is 0.335 e. The highest BCUT2D eigenvalue weighted by Crippen LogP contribution is 2.35. The van der Waals surface area contributed by atoms with Crippen LogP contribution in [0.3, 0.4) is 0 Å². The number of aromatic nitrogens is 7. The molecule has 7 heterocycles. The second kappa shape index (κ2) is 9.38. The lowest BCUT2D eigenvalue weighted by Gasteiger charge is -2.26. The zero-order chi connectivity index (χ0) is 25.6. The van der Waals surface area contributed by atoms with E-state index in [9.17, 15) is 0 Å². The third kappa shape index (κ3) is 4.06. The van der Waals surface area contributed by atoms with Crippen LogP contribution >= 0.6 is 11.3 Å². The molecule has 1 saturated heterocycles. The van der Waals surface area contributed by atoms with Crippen molar-refractivity contribution in [1.82, 2.24) is 40.0 Å². The number of imidazole rings is 1. The first kappa shape index (κ1) is 23.1. The van der Waals surface area contributed by atoms with Gasteiger partial charge < -0.3 is 4.98 Å². The van der Waals surface area contributed by atoms with E-state index in [4.69, 9.17) is 0 Å². The quantitative estimate of drug-likeness (QED) is 0.282. The molecule has 10 heteroatoms. The van der Waals surface area contributed by atoms with E-state index in [0.29, 0.717) is 33.9 Å². The van der Waals surface area contributed by atoms with E-state index in [2.05, 4.69) is 59.1 Å². The Kier molecular flexibility index (Phi) is 5.70. The van der Waals surface area contributed by atoms with Crippen molar-refractivity contribution in [3.63, 3.8) is 0 Å². The van der Waals surface area contributed by atoms with Gasteiger partial charge in [-0.2, -0.15) is 5.10 Å². The third-order valence-corrected chi connectivity index (χ3v) is 8.15. The zero-order valence-electron chi connectivity index (χ0n) is 20.8. The molecule has 2 N–H and O–H groups in total. The summed E-state index contributed by atoms with van der Waals surface area (Å²) >= 11 is 1.70. The van der Waals surface area contributed by atoms with Gasteiger partial charge in [-0.25, -0.2) is 19.3 Å². The van der Waals surface area contributed by atoms with Crippen molar-refractivity contribution in [2.75, 3.05) is 13.1 Å². The van der Waals surface area contributed by atoms with Crippen molar-refractivity contribution in [2.24, 2.45) is 0 Å². The molecule has 8 nitrogen and oxygen atoms in total. The summed E-state index contributed by atoms with van der Waals surface area (Å²) in [5.74, 6) is 0.0590. The van der Waals surface area contributed by atoms with Crippen LogP contribution in [0, 0.1) is 12.7 Å². The van der Waals surface area contributed by atoms with Gasteiger partial charge in [-0.3, -0.25) is 15.0 Å². The number of hydrogen-bond acceptors (Lipinski definition) is 7. The molecule has 6 aromatic heterocycles. The van der Waals surface area contributed by atoms with E-state index in [0.717, 1.165) is 41.2 Å². The van der Waals surface area contributed by atoms with E-state index >= 15 is 4.39 Å². The van der Waals surface area contributed by atoms with E-state index in [1.165, 1.54) is 30.3 Å². The summed E-state index contributed by atoms with van der Waals surface area (Å²) in [6.07, 6.45) is 10.5. The fraction of sp³-hybridized carbons (Fsp3) is 0.250. The minimum Gasteiger partial charge on any atom is -0.335 e. The number of aryl methyl sites for hydroxylation is 1. The second-order valence-corrected chi connectivity index (χ2v) is 11.0. The van der Waals surface area contributed by atoms with Crippen LogP contribution in [0.4, 0.5) is 4.39 Å². The predicted octanol–water partition coefficient (Wildman–Crippen LogP) is 6.12. The number of nitrogens with zero attached hydrogens (tertiary/aromatic N) is 6.